The van der Waals surface area contributed by atoms with E-state index in [0.29, 0.717) is 0 Å². The molecule has 3 rings (SSSR count). The van der Waals surface area contributed by atoms with E-state index in [4.69, 9.17) is 4.42 Å². The van der Waals surface area contributed by atoms with Crippen LogP contribution in [-0.4, -0.2) is 21.6 Å². The number of nitrogens with zero attached hydrogens (tertiary/aromatic N) is 2. The average Bonchev–Trinajstić information content (AvgIpc) is 2.78. The van der Waals surface area contributed by atoms with Crippen LogP contribution in [0.1, 0.15) is 0 Å². The van der Waals surface area contributed by atoms with Crippen LogP contribution in [0.5, 0.6) is 5.88 Å². The fourth-order valence-corrected chi connectivity index (χ4v) is 1.82. The number of alkyl halides is 2. The van der Waals surface area contributed by atoms with E-state index in [1.807, 2.05) is 0 Å². The number of hydrogen-bond donors (Lipinski definition) is 1. The maximum atomic E-state index is 13.5. The van der Waals surface area contributed by atoms with Crippen molar-refractivity contribution in [3.05, 3.63) is 40.9 Å². The lowest BCUT2D eigenvalue weighted by atomic mass is 10.1. The van der Waals surface area contributed by atoms with E-state index in [0.717, 1.165) is 24.5 Å². The molecule has 9 heteroatoms. The van der Waals surface area contributed by atoms with Crippen molar-refractivity contribution >= 4 is 11.1 Å². The number of oxazole rings is 1. The number of nitrogens with one attached hydrogen (secondary N) is 1. The van der Waals surface area contributed by atoms with Gasteiger partial charge in [0.25, 0.3) is 0 Å². The largest absolute Gasteiger partial charge is 0.417 e. The van der Waals surface area contributed by atoms with E-state index in [9.17, 15) is 18.0 Å². The third-order valence-electron chi connectivity index (χ3n) is 2.60. The maximum Gasteiger partial charge on any atom is 0.417 e. The van der Waals surface area contributed by atoms with Crippen LogP contribution in [0.4, 0.5) is 13.2 Å². The van der Waals surface area contributed by atoms with Crippen LogP contribution in [0.2, 0.25) is 0 Å². The number of hydrogen-bond acceptors (Lipinski definition) is 5. The lowest BCUT2D eigenvalue weighted by molar-refractivity contribution is -0.0530. The summed E-state index contributed by atoms with van der Waals surface area (Å²) in [7, 11) is 0. The molecule has 2 aromatic heterocycles. The number of halogens is 3. The van der Waals surface area contributed by atoms with Crippen LogP contribution < -0.4 is 10.5 Å². The summed E-state index contributed by atoms with van der Waals surface area (Å²) in [6.07, 6.45) is 2.07. The van der Waals surface area contributed by atoms with E-state index in [-0.39, 0.29) is 28.2 Å². The summed E-state index contributed by atoms with van der Waals surface area (Å²) in [5, 5.41) is 0. The van der Waals surface area contributed by atoms with Crippen molar-refractivity contribution in [1.82, 2.24) is 15.0 Å². The second-order valence-corrected chi connectivity index (χ2v) is 3.96. The van der Waals surface area contributed by atoms with Crippen molar-refractivity contribution in [2.75, 3.05) is 0 Å². The van der Waals surface area contributed by atoms with Crippen molar-refractivity contribution < 1.29 is 22.3 Å². The van der Waals surface area contributed by atoms with Gasteiger partial charge in [0.15, 0.2) is 5.58 Å². The number of aromatic amines is 1. The zero-order valence-corrected chi connectivity index (χ0v) is 10.1. The zero-order chi connectivity index (χ0) is 15.0. The Morgan fingerprint density at radius 1 is 1.24 bits per heavy atom. The summed E-state index contributed by atoms with van der Waals surface area (Å²) < 4.78 is 46.5. The number of H-pyrrole nitrogens is 1. The van der Waals surface area contributed by atoms with Crippen LogP contribution in [0.25, 0.3) is 22.4 Å². The summed E-state index contributed by atoms with van der Waals surface area (Å²) >= 11 is 0. The quantitative estimate of drug-likeness (QED) is 0.802. The Labute approximate surface area is 114 Å². The predicted octanol–water partition coefficient (Wildman–Crippen LogP) is 2.32. The van der Waals surface area contributed by atoms with Gasteiger partial charge >= 0.3 is 12.4 Å². The highest BCUT2D eigenvalue weighted by Crippen LogP contribution is 2.27. The van der Waals surface area contributed by atoms with Crippen LogP contribution in [0.3, 0.4) is 0 Å². The standard InChI is InChI=1S/C12H6F3N3O3/c13-5-1-6(10-7(2-5)18-12(19)21-10)8-3-17-9(4-16-8)20-11(14)15/h1-4,11H,(H,18,19). The number of rotatable bonds is 3. The van der Waals surface area contributed by atoms with Gasteiger partial charge in [-0.3, -0.25) is 4.98 Å². The van der Waals surface area contributed by atoms with E-state index in [1.54, 1.807) is 0 Å². The summed E-state index contributed by atoms with van der Waals surface area (Å²) in [6.45, 7) is -3.02. The van der Waals surface area contributed by atoms with Crippen molar-refractivity contribution in [2.45, 2.75) is 6.61 Å². The third-order valence-corrected chi connectivity index (χ3v) is 2.60. The van der Waals surface area contributed by atoms with Crippen LogP contribution in [0.15, 0.2) is 33.7 Å². The molecule has 0 spiro atoms. The van der Waals surface area contributed by atoms with E-state index >= 15 is 0 Å². The van der Waals surface area contributed by atoms with Crippen molar-refractivity contribution in [3.8, 4) is 17.1 Å². The molecule has 0 unspecified atom stereocenters. The van der Waals surface area contributed by atoms with Gasteiger partial charge in [-0.1, -0.05) is 0 Å². The van der Waals surface area contributed by atoms with Gasteiger partial charge < -0.3 is 9.15 Å². The molecule has 0 aliphatic heterocycles. The van der Waals surface area contributed by atoms with E-state index < -0.39 is 18.2 Å². The first-order valence-corrected chi connectivity index (χ1v) is 5.62. The molecule has 0 fully saturated rings. The van der Waals surface area contributed by atoms with Crippen molar-refractivity contribution in [2.24, 2.45) is 0 Å². The molecule has 0 bridgehead atoms. The highest BCUT2D eigenvalue weighted by molar-refractivity contribution is 5.88. The Balaban J connectivity index is 2.09. The van der Waals surface area contributed by atoms with Crippen molar-refractivity contribution in [1.29, 1.82) is 0 Å². The Bertz CT molecular complexity index is 842. The SMILES string of the molecule is O=c1[nH]c2cc(F)cc(-c3cnc(OC(F)F)cn3)c2o1. The fraction of sp³-hybridized carbons (Fsp3) is 0.0833. The number of ether oxygens (including phenoxy) is 1. The monoisotopic (exact) mass is 297 g/mol. The number of aromatic nitrogens is 3. The normalized spacial score (nSPS) is 11.2. The minimum atomic E-state index is -3.02. The Hall–Kier alpha value is -2.84. The lowest BCUT2D eigenvalue weighted by Gasteiger charge is -2.04. The smallest absolute Gasteiger partial charge is 0.415 e. The number of fused-ring (bicyclic) bond motifs is 1. The zero-order valence-electron chi connectivity index (χ0n) is 10.1. The third kappa shape index (κ3) is 2.57. The van der Waals surface area contributed by atoms with Crippen LogP contribution in [-0.2, 0) is 0 Å². The second-order valence-electron chi connectivity index (χ2n) is 3.96. The Kier molecular flexibility index (Phi) is 3.09. The van der Waals surface area contributed by atoms with Gasteiger partial charge in [-0.15, -0.1) is 0 Å². The topological polar surface area (TPSA) is 81.0 Å². The Morgan fingerprint density at radius 2 is 2.05 bits per heavy atom. The molecule has 6 nitrogen and oxygen atoms in total. The Morgan fingerprint density at radius 3 is 2.71 bits per heavy atom. The van der Waals surface area contributed by atoms with Gasteiger partial charge in [-0.25, -0.2) is 19.2 Å². The molecule has 108 valence electrons. The first-order chi connectivity index (χ1) is 10.0. The molecule has 2 heterocycles. The first-order valence-electron chi connectivity index (χ1n) is 5.62. The molecule has 0 radical (unpaired) electrons. The van der Waals surface area contributed by atoms with Gasteiger partial charge in [-0.05, 0) is 6.07 Å². The second kappa shape index (κ2) is 4.93. The summed E-state index contributed by atoms with van der Waals surface area (Å²) in [6, 6.07) is 2.18. The molecule has 0 saturated heterocycles. The molecule has 0 saturated carbocycles. The lowest BCUT2D eigenvalue weighted by Crippen LogP contribution is -2.04. The molecule has 1 aromatic carbocycles. The molecule has 0 amide bonds. The molecule has 0 aliphatic rings. The molecule has 3 aromatic rings. The molecule has 1 N–H and O–H groups in total. The minimum absolute atomic E-state index is 0.0956. The van der Waals surface area contributed by atoms with Crippen molar-refractivity contribution in [3.63, 3.8) is 0 Å². The predicted molar refractivity (Wildman–Crippen MR) is 64.5 cm³/mol. The first kappa shape index (κ1) is 13.2. The van der Waals surface area contributed by atoms with E-state index in [2.05, 4.69) is 19.7 Å². The molecular formula is C12H6F3N3O3. The highest BCUT2D eigenvalue weighted by Gasteiger charge is 2.14. The minimum Gasteiger partial charge on any atom is -0.415 e. The molecule has 0 aliphatic carbocycles. The van der Waals surface area contributed by atoms with Gasteiger partial charge in [0.05, 0.1) is 23.6 Å². The summed E-state index contributed by atoms with van der Waals surface area (Å²) in [4.78, 5) is 20.9. The van der Waals surface area contributed by atoms with Crippen LogP contribution in [0, 0.1) is 5.82 Å². The number of benzene rings is 1. The van der Waals surface area contributed by atoms with Gasteiger partial charge in [0.1, 0.15) is 5.82 Å². The summed E-state index contributed by atoms with van der Waals surface area (Å²) in [5.41, 5.74) is 0.561. The molecule has 21 heavy (non-hydrogen) atoms. The fourth-order valence-electron chi connectivity index (χ4n) is 1.82. The molecule has 0 atom stereocenters. The maximum absolute atomic E-state index is 13.5. The highest BCUT2D eigenvalue weighted by atomic mass is 19.3. The van der Waals surface area contributed by atoms with Gasteiger partial charge in [0, 0.05) is 11.6 Å². The van der Waals surface area contributed by atoms with Gasteiger partial charge in [0.2, 0.25) is 5.88 Å². The summed E-state index contributed by atoms with van der Waals surface area (Å²) in [5.74, 6) is -1.75. The average molecular weight is 297 g/mol. The molecular weight excluding hydrogens is 291 g/mol. The van der Waals surface area contributed by atoms with E-state index in [1.165, 1.54) is 0 Å². The van der Waals surface area contributed by atoms with Crippen LogP contribution >= 0.6 is 0 Å². The van der Waals surface area contributed by atoms with Gasteiger partial charge in [-0.2, -0.15) is 8.78 Å².